The van der Waals surface area contributed by atoms with Crippen LogP contribution in [0.2, 0.25) is 0 Å². The van der Waals surface area contributed by atoms with Crippen LogP contribution in [-0.2, 0) is 9.53 Å². The molecule has 0 saturated carbocycles. The Kier molecular flexibility index (Phi) is 1.88. The maximum absolute atomic E-state index is 10.7. The van der Waals surface area contributed by atoms with Crippen molar-refractivity contribution in [2.75, 3.05) is 6.61 Å². The third kappa shape index (κ3) is 1.56. The summed E-state index contributed by atoms with van der Waals surface area (Å²) >= 11 is 0. The number of Topliss-reactive ketones (excluding diaryl/α,β-unsaturated/α-hetero) is 1. The molecule has 0 aromatic carbocycles. The van der Waals surface area contributed by atoms with Crippen LogP contribution in [0.25, 0.3) is 0 Å². The topological polar surface area (TPSA) is 26.3 Å². The molecule has 0 aromatic rings. The van der Waals surface area contributed by atoms with Gasteiger partial charge < -0.3 is 4.74 Å². The number of rotatable bonds is 1. The molecule has 0 fully saturated rings. The lowest BCUT2D eigenvalue weighted by Crippen LogP contribution is -2.13. The molecule has 2 nitrogen and oxygen atoms in total. The molecule has 0 amide bonds. The van der Waals surface area contributed by atoms with E-state index in [1.54, 1.807) is 13.2 Å². The number of hydrogen-bond acceptors (Lipinski definition) is 2. The molecule has 1 aliphatic heterocycles. The number of carbonyl (C=O) groups excluding carboxylic acids is 1. The quantitative estimate of drug-likeness (QED) is 0.526. The minimum absolute atomic E-state index is 0.110. The number of ketones is 1. The maximum atomic E-state index is 10.7. The van der Waals surface area contributed by atoms with Crippen LogP contribution >= 0.6 is 0 Å². The van der Waals surface area contributed by atoms with E-state index < -0.39 is 0 Å². The highest BCUT2D eigenvalue weighted by Gasteiger charge is 2.12. The van der Waals surface area contributed by atoms with Crippen molar-refractivity contribution in [3.63, 3.8) is 0 Å². The summed E-state index contributed by atoms with van der Waals surface area (Å²) in [6.07, 6.45) is 4.26. The summed E-state index contributed by atoms with van der Waals surface area (Å²) in [5, 5.41) is 0. The third-order valence-corrected chi connectivity index (χ3v) is 1.48. The number of allylic oxidation sites excluding steroid dienone is 1. The van der Waals surface area contributed by atoms with E-state index in [-0.39, 0.29) is 11.7 Å². The van der Waals surface area contributed by atoms with E-state index in [4.69, 9.17) is 4.74 Å². The van der Waals surface area contributed by atoms with Gasteiger partial charge in [0, 0.05) is 5.92 Å². The van der Waals surface area contributed by atoms with Crippen molar-refractivity contribution in [1.29, 1.82) is 0 Å². The van der Waals surface area contributed by atoms with Gasteiger partial charge in [0.05, 0.1) is 12.9 Å². The predicted octanol–water partition coefficient (Wildman–Crippen LogP) is 1.13. The van der Waals surface area contributed by atoms with Crippen LogP contribution in [-0.4, -0.2) is 12.4 Å². The highest BCUT2D eigenvalue weighted by atomic mass is 16.5. The average Bonchev–Trinajstić information content (AvgIpc) is 1.90. The largest absolute Gasteiger partial charge is 0.501 e. The molecule has 0 saturated heterocycles. The summed E-state index contributed by atoms with van der Waals surface area (Å²) in [6, 6.07) is 0. The third-order valence-electron chi connectivity index (χ3n) is 1.48. The zero-order chi connectivity index (χ0) is 6.69. The van der Waals surface area contributed by atoms with Crippen molar-refractivity contribution in [3.8, 4) is 0 Å². The first-order chi connectivity index (χ1) is 4.30. The Balaban J connectivity index is 2.50. The van der Waals surface area contributed by atoms with E-state index in [1.807, 2.05) is 6.08 Å². The summed E-state index contributed by atoms with van der Waals surface area (Å²) < 4.78 is 4.92. The summed E-state index contributed by atoms with van der Waals surface area (Å²) in [4.78, 5) is 10.7. The Bertz CT molecular complexity index is 138. The molecule has 9 heavy (non-hydrogen) atoms. The lowest BCUT2D eigenvalue weighted by Gasteiger charge is -2.12. The minimum Gasteiger partial charge on any atom is -0.501 e. The van der Waals surface area contributed by atoms with Gasteiger partial charge in [0.1, 0.15) is 5.78 Å². The Morgan fingerprint density at radius 2 is 2.56 bits per heavy atom. The van der Waals surface area contributed by atoms with Crippen molar-refractivity contribution < 1.29 is 9.53 Å². The van der Waals surface area contributed by atoms with E-state index in [2.05, 4.69) is 0 Å². The van der Waals surface area contributed by atoms with Crippen LogP contribution in [0.3, 0.4) is 0 Å². The number of hydrogen-bond donors (Lipinski definition) is 0. The predicted molar refractivity (Wildman–Crippen MR) is 33.9 cm³/mol. The standard InChI is InChI=1S/C7H10O2/c1-6(8)7-2-4-9-5-3-7/h2,4,7H,3,5H2,1H3/t7-/m1/s1. The molecule has 0 unspecified atom stereocenters. The Morgan fingerprint density at radius 3 is 2.89 bits per heavy atom. The van der Waals surface area contributed by atoms with E-state index in [0.717, 1.165) is 6.42 Å². The molecule has 0 bridgehead atoms. The average molecular weight is 126 g/mol. The van der Waals surface area contributed by atoms with Gasteiger partial charge >= 0.3 is 0 Å². The molecule has 1 heterocycles. The Labute approximate surface area is 54.5 Å². The van der Waals surface area contributed by atoms with Crippen LogP contribution < -0.4 is 0 Å². The monoisotopic (exact) mass is 126 g/mol. The van der Waals surface area contributed by atoms with Crippen molar-refractivity contribution >= 4 is 5.78 Å². The SMILES string of the molecule is CC(=O)[C@@H]1C=COCC1. The van der Waals surface area contributed by atoms with Crippen molar-refractivity contribution in [2.45, 2.75) is 13.3 Å². The van der Waals surface area contributed by atoms with Gasteiger partial charge in [-0.2, -0.15) is 0 Å². The second-order valence-electron chi connectivity index (χ2n) is 2.21. The van der Waals surface area contributed by atoms with Crippen LogP contribution in [0.15, 0.2) is 12.3 Å². The normalized spacial score (nSPS) is 25.2. The molecule has 0 spiro atoms. The van der Waals surface area contributed by atoms with Crippen LogP contribution in [0.1, 0.15) is 13.3 Å². The summed E-state index contributed by atoms with van der Waals surface area (Å²) in [5.74, 6) is 0.341. The number of ether oxygens (including phenoxy) is 1. The lowest BCUT2D eigenvalue weighted by atomic mass is 10.0. The van der Waals surface area contributed by atoms with Gasteiger partial charge in [0.2, 0.25) is 0 Å². The molecule has 0 N–H and O–H groups in total. The molecular formula is C7H10O2. The maximum Gasteiger partial charge on any atom is 0.136 e. The molecule has 0 aliphatic carbocycles. The molecule has 2 heteroatoms. The van der Waals surface area contributed by atoms with E-state index in [1.165, 1.54) is 0 Å². The fourth-order valence-electron chi connectivity index (χ4n) is 0.848. The van der Waals surface area contributed by atoms with Crippen LogP contribution in [0.5, 0.6) is 0 Å². The van der Waals surface area contributed by atoms with Gasteiger partial charge in [-0.3, -0.25) is 4.79 Å². The Hall–Kier alpha value is -0.790. The minimum atomic E-state index is 0.110. The van der Waals surface area contributed by atoms with E-state index >= 15 is 0 Å². The summed E-state index contributed by atoms with van der Waals surface area (Å²) in [6.45, 7) is 2.29. The van der Waals surface area contributed by atoms with Gasteiger partial charge in [-0.15, -0.1) is 0 Å². The number of carbonyl (C=O) groups is 1. The molecule has 1 aliphatic rings. The van der Waals surface area contributed by atoms with Crippen molar-refractivity contribution in [3.05, 3.63) is 12.3 Å². The zero-order valence-corrected chi connectivity index (χ0v) is 5.46. The first-order valence-corrected chi connectivity index (χ1v) is 3.09. The molecule has 0 radical (unpaired) electrons. The second kappa shape index (κ2) is 2.67. The molecule has 1 rings (SSSR count). The van der Waals surface area contributed by atoms with Gasteiger partial charge in [-0.25, -0.2) is 0 Å². The van der Waals surface area contributed by atoms with Gasteiger partial charge in [-0.05, 0) is 19.4 Å². The van der Waals surface area contributed by atoms with E-state index in [9.17, 15) is 4.79 Å². The lowest BCUT2D eigenvalue weighted by molar-refractivity contribution is -0.120. The molecule has 1 atom stereocenters. The second-order valence-corrected chi connectivity index (χ2v) is 2.21. The van der Waals surface area contributed by atoms with Crippen LogP contribution in [0.4, 0.5) is 0 Å². The first kappa shape index (κ1) is 6.33. The highest BCUT2D eigenvalue weighted by Crippen LogP contribution is 2.11. The first-order valence-electron chi connectivity index (χ1n) is 3.09. The van der Waals surface area contributed by atoms with Crippen molar-refractivity contribution in [2.24, 2.45) is 5.92 Å². The summed E-state index contributed by atoms with van der Waals surface area (Å²) in [5.41, 5.74) is 0. The highest BCUT2D eigenvalue weighted by molar-refractivity contribution is 5.80. The molecule has 50 valence electrons. The van der Waals surface area contributed by atoms with Crippen molar-refractivity contribution in [1.82, 2.24) is 0 Å². The van der Waals surface area contributed by atoms with E-state index in [0.29, 0.717) is 6.61 Å². The van der Waals surface area contributed by atoms with Gasteiger partial charge in [0.15, 0.2) is 0 Å². The molecular weight excluding hydrogens is 116 g/mol. The fraction of sp³-hybridized carbons (Fsp3) is 0.571. The van der Waals surface area contributed by atoms with Crippen LogP contribution in [0, 0.1) is 5.92 Å². The molecule has 0 aromatic heterocycles. The smallest absolute Gasteiger partial charge is 0.136 e. The zero-order valence-electron chi connectivity index (χ0n) is 5.46. The summed E-state index contributed by atoms with van der Waals surface area (Å²) in [7, 11) is 0. The van der Waals surface area contributed by atoms with Gasteiger partial charge in [-0.1, -0.05) is 0 Å². The van der Waals surface area contributed by atoms with Gasteiger partial charge in [0.25, 0.3) is 0 Å². The fourth-order valence-corrected chi connectivity index (χ4v) is 0.848. The Morgan fingerprint density at radius 1 is 1.78 bits per heavy atom.